The molecular formula is C11H25N3O. The number of nitrogens with zero attached hydrogens (tertiary/aromatic N) is 1. The van der Waals surface area contributed by atoms with Gasteiger partial charge in [0.05, 0.1) is 13.2 Å². The van der Waals surface area contributed by atoms with Crippen LogP contribution in [-0.2, 0) is 4.74 Å². The van der Waals surface area contributed by atoms with Crippen LogP contribution in [0.2, 0.25) is 0 Å². The molecule has 0 amide bonds. The van der Waals surface area contributed by atoms with Gasteiger partial charge in [0.2, 0.25) is 0 Å². The molecule has 4 nitrogen and oxygen atoms in total. The van der Waals surface area contributed by atoms with Gasteiger partial charge in [0.15, 0.2) is 0 Å². The summed E-state index contributed by atoms with van der Waals surface area (Å²) in [6.45, 7) is 11.2. The summed E-state index contributed by atoms with van der Waals surface area (Å²) in [5.41, 5.74) is 5.67. The standard InChI is InChI=1S/C11H25N3O/c1-11(2,10-13-5-3-4-12)14-6-8-15-9-7-14/h13H,3-10,12H2,1-2H3. The fraction of sp³-hybridized carbons (Fsp3) is 1.00. The Hall–Kier alpha value is -0.160. The molecule has 0 atom stereocenters. The molecule has 1 rings (SSSR count). The molecule has 1 aliphatic heterocycles. The van der Waals surface area contributed by atoms with Gasteiger partial charge < -0.3 is 15.8 Å². The Labute approximate surface area is 93.1 Å². The first kappa shape index (κ1) is 12.9. The molecule has 0 bridgehead atoms. The number of morpholine rings is 1. The lowest BCUT2D eigenvalue weighted by molar-refractivity contribution is -0.00951. The van der Waals surface area contributed by atoms with Gasteiger partial charge in [-0.3, -0.25) is 4.90 Å². The monoisotopic (exact) mass is 215 g/mol. The quantitative estimate of drug-likeness (QED) is 0.614. The average molecular weight is 215 g/mol. The van der Waals surface area contributed by atoms with Crippen molar-refractivity contribution in [3.63, 3.8) is 0 Å². The third-order valence-corrected chi connectivity index (χ3v) is 2.98. The van der Waals surface area contributed by atoms with Crippen LogP contribution in [0.4, 0.5) is 0 Å². The van der Waals surface area contributed by atoms with Gasteiger partial charge in [0.25, 0.3) is 0 Å². The molecule has 90 valence electrons. The van der Waals surface area contributed by atoms with Crippen molar-refractivity contribution in [3.8, 4) is 0 Å². The van der Waals surface area contributed by atoms with Gasteiger partial charge in [-0.15, -0.1) is 0 Å². The molecule has 1 fully saturated rings. The Morgan fingerprint density at radius 2 is 2.00 bits per heavy atom. The van der Waals surface area contributed by atoms with E-state index in [0.29, 0.717) is 0 Å². The fourth-order valence-corrected chi connectivity index (χ4v) is 1.90. The molecule has 15 heavy (non-hydrogen) atoms. The van der Waals surface area contributed by atoms with Gasteiger partial charge in [-0.05, 0) is 33.4 Å². The molecular weight excluding hydrogens is 190 g/mol. The first-order chi connectivity index (χ1) is 7.17. The van der Waals surface area contributed by atoms with E-state index in [0.717, 1.165) is 52.4 Å². The number of hydrogen-bond acceptors (Lipinski definition) is 4. The van der Waals surface area contributed by atoms with Crippen LogP contribution in [0.25, 0.3) is 0 Å². The van der Waals surface area contributed by atoms with Crippen LogP contribution in [0.5, 0.6) is 0 Å². The summed E-state index contributed by atoms with van der Waals surface area (Å²) in [6, 6.07) is 0. The van der Waals surface area contributed by atoms with E-state index < -0.39 is 0 Å². The summed E-state index contributed by atoms with van der Waals surface area (Å²) in [6.07, 6.45) is 1.05. The topological polar surface area (TPSA) is 50.5 Å². The lowest BCUT2D eigenvalue weighted by Gasteiger charge is -2.41. The Kier molecular flexibility index (Phi) is 5.53. The lowest BCUT2D eigenvalue weighted by Crippen LogP contribution is -2.54. The van der Waals surface area contributed by atoms with Crippen LogP contribution in [0, 0.1) is 0 Å². The van der Waals surface area contributed by atoms with E-state index in [1.165, 1.54) is 0 Å². The molecule has 0 aromatic heterocycles. The number of ether oxygens (including phenoxy) is 1. The molecule has 3 N–H and O–H groups in total. The second-order valence-electron chi connectivity index (χ2n) is 4.73. The normalized spacial score (nSPS) is 19.4. The summed E-state index contributed by atoms with van der Waals surface area (Å²) in [7, 11) is 0. The largest absolute Gasteiger partial charge is 0.379 e. The smallest absolute Gasteiger partial charge is 0.0594 e. The molecule has 4 heteroatoms. The van der Waals surface area contributed by atoms with Crippen molar-refractivity contribution in [1.82, 2.24) is 10.2 Å². The third kappa shape index (κ3) is 4.47. The van der Waals surface area contributed by atoms with Gasteiger partial charge in [0.1, 0.15) is 0 Å². The molecule has 0 saturated carbocycles. The van der Waals surface area contributed by atoms with Crippen LogP contribution in [-0.4, -0.2) is 56.4 Å². The lowest BCUT2D eigenvalue weighted by atomic mass is 10.0. The zero-order valence-electron chi connectivity index (χ0n) is 10.1. The maximum absolute atomic E-state index is 5.45. The molecule has 0 unspecified atom stereocenters. The van der Waals surface area contributed by atoms with E-state index in [9.17, 15) is 0 Å². The van der Waals surface area contributed by atoms with Crippen LogP contribution >= 0.6 is 0 Å². The van der Waals surface area contributed by atoms with Crippen molar-refractivity contribution in [2.24, 2.45) is 5.73 Å². The van der Waals surface area contributed by atoms with Crippen molar-refractivity contribution in [2.75, 3.05) is 45.9 Å². The molecule has 1 heterocycles. The predicted molar refractivity (Wildman–Crippen MR) is 63.0 cm³/mol. The highest BCUT2D eigenvalue weighted by Crippen LogP contribution is 2.14. The highest BCUT2D eigenvalue weighted by molar-refractivity contribution is 4.85. The Morgan fingerprint density at radius 1 is 1.33 bits per heavy atom. The fourth-order valence-electron chi connectivity index (χ4n) is 1.90. The predicted octanol–water partition coefficient (Wildman–Crippen LogP) is 0.0356. The minimum Gasteiger partial charge on any atom is -0.379 e. The van der Waals surface area contributed by atoms with Gasteiger partial charge in [-0.1, -0.05) is 0 Å². The van der Waals surface area contributed by atoms with Crippen molar-refractivity contribution >= 4 is 0 Å². The van der Waals surface area contributed by atoms with Crippen LogP contribution < -0.4 is 11.1 Å². The maximum Gasteiger partial charge on any atom is 0.0594 e. The summed E-state index contributed by atoms with van der Waals surface area (Å²) in [5.74, 6) is 0. The molecule has 0 aliphatic carbocycles. The highest BCUT2D eigenvalue weighted by Gasteiger charge is 2.27. The summed E-state index contributed by atoms with van der Waals surface area (Å²) < 4.78 is 5.36. The zero-order chi connectivity index (χ0) is 11.1. The van der Waals surface area contributed by atoms with E-state index in [2.05, 4.69) is 24.1 Å². The van der Waals surface area contributed by atoms with Gasteiger partial charge in [-0.25, -0.2) is 0 Å². The second kappa shape index (κ2) is 6.43. The van der Waals surface area contributed by atoms with E-state index in [4.69, 9.17) is 10.5 Å². The van der Waals surface area contributed by atoms with E-state index >= 15 is 0 Å². The zero-order valence-corrected chi connectivity index (χ0v) is 10.1. The van der Waals surface area contributed by atoms with Gasteiger partial charge >= 0.3 is 0 Å². The van der Waals surface area contributed by atoms with Gasteiger partial charge in [-0.2, -0.15) is 0 Å². The number of nitrogens with two attached hydrogens (primary N) is 1. The molecule has 1 saturated heterocycles. The van der Waals surface area contributed by atoms with Crippen molar-refractivity contribution in [2.45, 2.75) is 25.8 Å². The highest BCUT2D eigenvalue weighted by atomic mass is 16.5. The minimum absolute atomic E-state index is 0.221. The first-order valence-electron chi connectivity index (χ1n) is 5.90. The van der Waals surface area contributed by atoms with Crippen molar-refractivity contribution in [1.29, 1.82) is 0 Å². The molecule has 1 aliphatic rings. The summed E-state index contributed by atoms with van der Waals surface area (Å²) >= 11 is 0. The van der Waals surface area contributed by atoms with E-state index in [1.807, 2.05) is 0 Å². The summed E-state index contributed by atoms with van der Waals surface area (Å²) in [5, 5.41) is 3.46. The number of rotatable bonds is 6. The maximum atomic E-state index is 5.45. The Bertz CT molecular complexity index is 167. The molecule has 0 aromatic carbocycles. The van der Waals surface area contributed by atoms with E-state index in [-0.39, 0.29) is 5.54 Å². The Balaban J connectivity index is 2.23. The Morgan fingerprint density at radius 3 is 2.60 bits per heavy atom. The second-order valence-corrected chi connectivity index (χ2v) is 4.73. The minimum atomic E-state index is 0.221. The molecule has 0 radical (unpaired) electrons. The summed E-state index contributed by atoms with van der Waals surface area (Å²) in [4.78, 5) is 2.49. The van der Waals surface area contributed by atoms with Crippen LogP contribution in [0.3, 0.4) is 0 Å². The SMILES string of the molecule is CC(C)(CNCCCN)N1CCOCC1. The number of nitrogens with one attached hydrogen (secondary N) is 1. The van der Waals surface area contributed by atoms with Gasteiger partial charge in [0, 0.05) is 25.2 Å². The number of hydrogen-bond donors (Lipinski definition) is 2. The molecule has 0 aromatic rings. The molecule has 0 spiro atoms. The van der Waals surface area contributed by atoms with E-state index in [1.54, 1.807) is 0 Å². The average Bonchev–Trinajstić information content (AvgIpc) is 2.26. The van der Waals surface area contributed by atoms with Crippen molar-refractivity contribution < 1.29 is 4.74 Å². The van der Waals surface area contributed by atoms with Crippen LogP contribution in [0.1, 0.15) is 20.3 Å². The van der Waals surface area contributed by atoms with Crippen molar-refractivity contribution in [3.05, 3.63) is 0 Å². The first-order valence-corrected chi connectivity index (χ1v) is 5.90. The third-order valence-electron chi connectivity index (χ3n) is 2.98. The van der Waals surface area contributed by atoms with Crippen LogP contribution in [0.15, 0.2) is 0 Å².